The normalized spacial score (nSPS) is 19.3. The van der Waals surface area contributed by atoms with Crippen LogP contribution in [0.2, 0.25) is 0 Å². The average Bonchev–Trinajstić information content (AvgIpc) is 3.07. The molecule has 2 heterocycles. The number of hydrogen-bond donors (Lipinski definition) is 1. The molecule has 1 unspecified atom stereocenters. The van der Waals surface area contributed by atoms with Gasteiger partial charge in [-0.15, -0.1) is 0 Å². The van der Waals surface area contributed by atoms with Crippen LogP contribution < -0.4 is 5.32 Å². The van der Waals surface area contributed by atoms with Gasteiger partial charge in [-0.2, -0.15) is 5.10 Å². The van der Waals surface area contributed by atoms with Crippen LogP contribution in [0.5, 0.6) is 0 Å². The summed E-state index contributed by atoms with van der Waals surface area (Å²) in [4.78, 5) is 0. The Morgan fingerprint density at radius 2 is 2.32 bits per heavy atom. The molecule has 1 fully saturated rings. The molecule has 0 aliphatic carbocycles. The van der Waals surface area contributed by atoms with E-state index in [1.807, 2.05) is 4.68 Å². The quantitative estimate of drug-likeness (QED) is 0.894. The van der Waals surface area contributed by atoms with Crippen LogP contribution in [-0.2, 0) is 17.9 Å². The lowest BCUT2D eigenvalue weighted by atomic mass is 10.1. The Hall–Kier alpha value is -1.39. The molecule has 2 aromatic rings. The van der Waals surface area contributed by atoms with Crippen molar-refractivity contribution < 1.29 is 4.74 Å². The molecule has 1 aliphatic rings. The van der Waals surface area contributed by atoms with Crippen LogP contribution in [0.25, 0.3) is 10.9 Å². The fourth-order valence-electron chi connectivity index (χ4n) is 2.72. The third-order valence-electron chi connectivity index (χ3n) is 3.79. The highest BCUT2D eigenvalue weighted by Crippen LogP contribution is 2.19. The highest BCUT2D eigenvalue weighted by atomic mass is 16.5. The minimum Gasteiger partial charge on any atom is -0.375 e. The van der Waals surface area contributed by atoms with Gasteiger partial charge in [-0.25, -0.2) is 0 Å². The molecule has 1 aromatic heterocycles. The summed E-state index contributed by atoms with van der Waals surface area (Å²) in [7, 11) is 0. The zero-order valence-corrected chi connectivity index (χ0v) is 11.4. The van der Waals surface area contributed by atoms with E-state index in [2.05, 4.69) is 41.6 Å². The van der Waals surface area contributed by atoms with Crippen molar-refractivity contribution in [3.05, 3.63) is 30.0 Å². The van der Waals surface area contributed by atoms with Crippen molar-refractivity contribution >= 4 is 10.9 Å². The Morgan fingerprint density at radius 1 is 1.42 bits per heavy atom. The van der Waals surface area contributed by atoms with Crippen molar-refractivity contribution in [2.45, 2.75) is 26.5 Å². The lowest BCUT2D eigenvalue weighted by Gasteiger charge is -2.08. The van der Waals surface area contributed by atoms with E-state index in [1.54, 1.807) is 0 Å². The SMILES string of the molecule is CCn1nc(COCC2CCNC2)c2ccccc21. The predicted molar refractivity (Wildman–Crippen MR) is 76.0 cm³/mol. The van der Waals surface area contributed by atoms with Gasteiger partial charge in [0.2, 0.25) is 0 Å². The minimum atomic E-state index is 0.615. The summed E-state index contributed by atoms with van der Waals surface area (Å²) in [6, 6.07) is 8.37. The van der Waals surface area contributed by atoms with E-state index in [0.29, 0.717) is 12.5 Å². The van der Waals surface area contributed by atoms with Gasteiger partial charge in [0.05, 0.1) is 24.4 Å². The molecule has 0 radical (unpaired) electrons. The maximum atomic E-state index is 5.85. The summed E-state index contributed by atoms with van der Waals surface area (Å²) < 4.78 is 7.90. The Kier molecular flexibility index (Phi) is 3.80. The Morgan fingerprint density at radius 3 is 3.11 bits per heavy atom. The van der Waals surface area contributed by atoms with Gasteiger partial charge in [0.25, 0.3) is 0 Å². The van der Waals surface area contributed by atoms with Crippen molar-refractivity contribution in [3.63, 3.8) is 0 Å². The van der Waals surface area contributed by atoms with Crippen molar-refractivity contribution in [1.82, 2.24) is 15.1 Å². The number of ether oxygens (including phenoxy) is 1. The van der Waals surface area contributed by atoms with Crippen LogP contribution in [0.1, 0.15) is 19.0 Å². The van der Waals surface area contributed by atoms with Crippen LogP contribution in [-0.4, -0.2) is 29.5 Å². The first-order valence-electron chi connectivity index (χ1n) is 7.11. The van der Waals surface area contributed by atoms with E-state index in [1.165, 1.54) is 17.3 Å². The first-order chi connectivity index (χ1) is 9.38. The molecule has 3 rings (SSSR count). The molecule has 0 saturated carbocycles. The van der Waals surface area contributed by atoms with Gasteiger partial charge < -0.3 is 10.1 Å². The minimum absolute atomic E-state index is 0.615. The largest absolute Gasteiger partial charge is 0.375 e. The molecular formula is C15H21N3O. The summed E-state index contributed by atoms with van der Waals surface area (Å²) in [5, 5.41) is 9.23. The standard InChI is InChI=1S/C15H21N3O/c1-2-18-15-6-4-3-5-13(15)14(17-18)11-19-10-12-7-8-16-9-12/h3-6,12,16H,2,7-11H2,1H3. The number of rotatable bonds is 5. The van der Waals surface area contributed by atoms with E-state index in [9.17, 15) is 0 Å². The van der Waals surface area contributed by atoms with Gasteiger partial charge in [-0.1, -0.05) is 18.2 Å². The van der Waals surface area contributed by atoms with E-state index < -0.39 is 0 Å². The van der Waals surface area contributed by atoms with Crippen LogP contribution in [0.3, 0.4) is 0 Å². The molecule has 102 valence electrons. The Labute approximate surface area is 113 Å². The summed E-state index contributed by atoms with van der Waals surface area (Å²) >= 11 is 0. The monoisotopic (exact) mass is 259 g/mol. The Bertz CT molecular complexity index is 543. The summed E-state index contributed by atoms with van der Waals surface area (Å²) in [5.41, 5.74) is 2.26. The molecule has 0 spiro atoms. The summed E-state index contributed by atoms with van der Waals surface area (Å²) in [6.07, 6.45) is 1.23. The third-order valence-corrected chi connectivity index (χ3v) is 3.79. The van der Waals surface area contributed by atoms with Crippen molar-refractivity contribution in [3.8, 4) is 0 Å². The van der Waals surface area contributed by atoms with E-state index in [0.717, 1.165) is 31.9 Å². The second-order valence-electron chi connectivity index (χ2n) is 5.15. The lowest BCUT2D eigenvalue weighted by Crippen LogP contribution is -2.13. The number of fused-ring (bicyclic) bond motifs is 1. The molecule has 1 aromatic carbocycles. The molecule has 4 nitrogen and oxygen atoms in total. The number of nitrogens with one attached hydrogen (secondary N) is 1. The van der Waals surface area contributed by atoms with Crippen LogP contribution in [0.15, 0.2) is 24.3 Å². The number of para-hydroxylation sites is 1. The summed E-state index contributed by atoms with van der Waals surface area (Å²) in [6.45, 7) is 6.68. The first-order valence-corrected chi connectivity index (χ1v) is 7.11. The zero-order chi connectivity index (χ0) is 13.1. The maximum absolute atomic E-state index is 5.85. The van der Waals surface area contributed by atoms with Gasteiger partial charge in [0, 0.05) is 18.5 Å². The zero-order valence-electron chi connectivity index (χ0n) is 11.4. The highest BCUT2D eigenvalue weighted by Gasteiger charge is 2.15. The van der Waals surface area contributed by atoms with Gasteiger partial charge in [-0.3, -0.25) is 4.68 Å². The van der Waals surface area contributed by atoms with Crippen molar-refractivity contribution in [2.24, 2.45) is 5.92 Å². The second kappa shape index (κ2) is 5.72. The average molecular weight is 259 g/mol. The molecule has 19 heavy (non-hydrogen) atoms. The molecule has 0 amide bonds. The molecule has 4 heteroatoms. The molecule has 1 aliphatic heterocycles. The number of hydrogen-bond acceptors (Lipinski definition) is 3. The highest BCUT2D eigenvalue weighted by molar-refractivity contribution is 5.81. The Balaban J connectivity index is 1.69. The molecule has 1 atom stereocenters. The number of benzene rings is 1. The fourth-order valence-corrected chi connectivity index (χ4v) is 2.72. The van der Waals surface area contributed by atoms with Gasteiger partial charge in [-0.05, 0) is 31.9 Å². The van der Waals surface area contributed by atoms with Crippen LogP contribution in [0, 0.1) is 5.92 Å². The van der Waals surface area contributed by atoms with Gasteiger partial charge in [0.1, 0.15) is 0 Å². The summed E-state index contributed by atoms with van der Waals surface area (Å²) in [5.74, 6) is 0.666. The predicted octanol–water partition coefficient (Wildman–Crippen LogP) is 2.18. The smallest absolute Gasteiger partial charge is 0.0960 e. The van der Waals surface area contributed by atoms with Gasteiger partial charge >= 0.3 is 0 Å². The molecule has 1 N–H and O–H groups in total. The van der Waals surface area contributed by atoms with Gasteiger partial charge in [0.15, 0.2) is 0 Å². The second-order valence-corrected chi connectivity index (χ2v) is 5.15. The fraction of sp³-hybridized carbons (Fsp3) is 0.533. The van der Waals surface area contributed by atoms with Crippen molar-refractivity contribution in [2.75, 3.05) is 19.7 Å². The van der Waals surface area contributed by atoms with E-state index in [4.69, 9.17) is 4.74 Å². The third kappa shape index (κ3) is 2.65. The molecule has 1 saturated heterocycles. The maximum Gasteiger partial charge on any atom is 0.0960 e. The number of aromatic nitrogens is 2. The number of nitrogens with zero attached hydrogens (tertiary/aromatic N) is 2. The van der Waals surface area contributed by atoms with Crippen molar-refractivity contribution in [1.29, 1.82) is 0 Å². The van der Waals surface area contributed by atoms with Crippen LogP contribution >= 0.6 is 0 Å². The first kappa shape index (κ1) is 12.6. The topological polar surface area (TPSA) is 39.1 Å². The lowest BCUT2D eigenvalue weighted by molar-refractivity contribution is 0.0905. The molecular weight excluding hydrogens is 238 g/mol. The molecule has 0 bridgehead atoms. The van der Waals surface area contributed by atoms with Crippen LogP contribution in [0.4, 0.5) is 0 Å². The van der Waals surface area contributed by atoms with E-state index in [-0.39, 0.29) is 0 Å². The van der Waals surface area contributed by atoms with E-state index >= 15 is 0 Å². The number of aryl methyl sites for hydroxylation is 1.